The minimum absolute atomic E-state index is 0.105. The lowest BCUT2D eigenvalue weighted by molar-refractivity contribution is -0.118. The van der Waals surface area contributed by atoms with Gasteiger partial charge in [-0.25, -0.2) is 0 Å². The molecule has 0 fully saturated rings. The maximum absolute atomic E-state index is 11.9. The molecule has 3 heteroatoms. The molecule has 1 aromatic carbocycles. The minimum atomic E-state index is -0.444. The van der Waals surface area contributed by atoms with Crippen molar-refractivity contribution < 1.29 is 4.79 Å². The molecule has 0 aliphatic carbocycles. The van der Waals surface area contributed by atoms with Gasteiger partial charge in [0.1, 0.15) is 0 Å². The Labute approximate surface area is 103 Å². The van der Waals surface area contributed by atoms with Gasteiger partial charge in [-0.15, -0.1) is 0 Å². The molecule has 1 aromatic rings. The third-order valence-electron chi connectivity index (χ3n) is 3.20. The van der Waals surface area contributed by atoms with Crippen LogP contribution in [-0.4, -0.2) is 11.9 Å². The highest BCUT2D eigenvalue weighted by molar-refractivity contribution is 5.95. The van der Waals surface area contributed by atoms with E-state index in [1.807, 2.05) is 45.9 Å². The summed E-state index contributed by atoms with van der Waals surface area (Å²) in [5.74, 6) is 0.0899. The first-order valence-corrected chi connectivity index (χ1v) is 6.09. The van der Waals surface area contributed by atoms with Gasteiger partial charge in [-0.2, -0.15) is 0 Å². The number of nitrogens with one attached hydrogen (secondary N) is 1. The van der Waals surface area contributed by atoms with Gasteiger partial charge >= 0.3 is 0 Å². The molecular weight excluding hydrogens is 212 g/mol. The van der Waals surface area contributed by atoms with Gasteiger partial charge in [0.2, 0.25) is 5.91 Å². The second kappa shape index (κ2) is 5.82. The highest BCUT2D eigenvalue weighted by Gasteiger charge is 2.19. The van der Waals surface area contributed by atoms with E-state index in [1.54, 1.807) is 0 Å². The van der Waals surface area contributed by atoms with Crippen LogP contribution in [-0.2, 0) is 4.79 Å². The molecule has 0 aliphatic rings. The van der Waals surface area contributed by atoms with Gasteiger partial charge < -0.3 is 11.1 Å². The number of aryl methyl sites for hydroxylation is 2. The second-order valence-corrected chi connectivity index (χ2v) is 4.72. The van der Waals surface area contributed by atoms with Crippen LogP contribution in [0.4, 0.5) is 5.69 Å². The van der Waals surface area contributed by atoms with E-state index in [0.29, 0.717) is 0 Å². The van der Waals surface area contributed by atoms with E-state index in [4.69, 9.17) is 5.73 Å². The van der Waals surface area contributed by atoms with Crippen LogP contribution in [0.25, 0.3) is 0 Å². The first-order chi connectivity index (χ1) is 7.95. The Kier molecular flexibility index (Phi) is 4.70. The highest BCUT2D eigenvalue weighted by Crippen LogP contribution is 2.17. The van der Waals surface area contributed by atoms with Gasteiger partial charge in [0.25, 0.3) is 0 Å². The van der Waals surface area contributed by atoms with Gasteiger partial charge in [0.05, 0.1) is 6.04 Å². The predicted molar refractivity (Wildman–Crippen MR) is 72.0 cm³/mol. The Bertz CT molecular complexity index is 401. The smallest absolute Gasteiger partial charge is 0.241 e. The van der Waals surface area contributed by atoms with Crippen molar-refractivity contribution in [2.45, 2.75) is 40.2 Å². The fourth-order valence-electron chi connectivity index (χ4n) is 1.68. The van der Waals surface area contributed by atoms with Crippen LogP contribution in [0.1, 0.15) is 31.4 Å². The van der Waals surface area contributed by atoms with Crippen LogP contribution in [0, 0.1) is 19.8 Å². The molecule has 2 unspecified atom stereocenters. The average molecular weight is 234 g/mol. The molecule has 94 valence electrons. The van der Waals surface area contributed by atoms with E-state index in [2.05, 4.69) is 5.32 Å². The molecule has 1 rings (SSSR count). The van der Waals surface area contributed by atoms with E-state index < -0.39 is 6.04 Å². The molecule has 0 radical (unpaired) electrons. The van der Waals surface area contributed by atoms with Crippen molar-refractivity contribution >= 4 is 11.6 Å². The fraction of sp³-hybridized carbons (Fsp3) is 0.500. The van der Waals surface area contributed by atoms with Gasteiger partial charge in [0, 0.05) is 5.69 Å². The molecular formula is C14H22N2O. The number of nitrogens with two attached hydrogens (primary N) is 1. The zero-order valence-electron chi connectivity index (χ0n) is 11.1. The summed E-state index contributed by atoms with van der Waals surface area (Å²) in [5.41, 5.74) is 8.98. The number of rotatable bonds is 4. The number of hydrogen-bond donors (Lipinski definition) is 2. The Morgan fingerprint density at radius 1 is 1.41 bits per heavy atom. The van der Waals surface area contributed by atoms with Crippen molar-refractivity contribution in [3.8, 4) is 0 Å². The quantitative estimate of drug-likeness (QED) is 0.841. The topological polar surface area (TPSA) is 55.1 Å². The van der Waals surface area contributed by atoms with E-state index in [1.165, 1.54) is 5.56 Å². The maximum Gasteiger partial charge on any atom is 0.241 e. The Morgan fingerprint density at radius 3 is 2.59 bits per heavy atom. The number of carbonyl (C=O) groups is 1. The molecule has 0 aliphatic heterocycles. The summed E-state index contributed by atoms with van der Waals surface area (Å²) in [6.45, 7) is 8.04. The normalized spacial score (nSPS) is 14.2. The second-order valence-electron chi connectivity index (χ2n) is 4.72. The van der Waals surface area contributed by atoms with Gasteiger partial charge in [-0.1, -0.05) is 38.0 Å². The molecule has 1 amide bonds. The lowest BCUT2D eigenvalue weighted by Crippen LogP contribution is -2.40. The van der Waals surface area contributed by atoms with Crippen LogP contribution < -0.4 is 11.1 Å². The van der Waals surface area contributed by atoms with E-state index in [-0.39, 0.29) is 11.8 Å². The Hall–Kier alpha value is -1.35. The van der Waals surface area contributed by atoms with Gasteiger partial charge in [-0.05, 0) is 31.4 Å². The molecule has 3 N–H and O–H groups in total. The summed E-state index contributed by atoms with van der Waals surface area (Å²) >= 11 is 0. The van der Waals surface area contributed by atoms with Crippen molar-refractivity contribution in [1.29, 1.82) is 0 Å². The molecule has 0 bridgehead atoms. The molecule has 0 spiro atoms. The summed E-state index contributed by atoms with van der Waals surface area (Å²) in [5, 5.41) is 2.89. The monoisotopic (exact) mass is 234 g/mol. The van der Waals surface area contributed by atoms with Crippen molar-refractivity contribution in [3.05, 3.63) is 29.3 Å². The van der Waals surface area contributed by atoms with Crippen LogP contribution in [0.5, 0.6) is 0 Å². The summed E-state index contributed by atoms with van der Waals surface area (Å²) in [7, 11) is 0. The summed E-state index contributed by atoms with van der Waals surface area (Å²) in [6, 6.07) is 5.51. The van der Waals surface area contributed by atoms with E-state index >= 15 is 0 Å². The van der Waals surface area contributed by atoms with Crippen molar-refractivity contribution in [2.24, 2.45) is 11.7 Å². The summed E-state index contributed by atoms with van der Waals surface area (Å²) in [4.78, 5) is 11.9. The lowest BCUT2D eigenvalue weighted by atomic mass is 9.99. The highest BCUT2D eigenvalue weighted by atomic mass is 16.2. The third-order valence-corrected chi connectivity index (χ3v) is 3.20. The lowest BCUT2D eigenvalue weighted by Gasteiger charge is -2.18. The number of carbonyl (C=O) groups excluding carboxylic acids is 1. The number of amides is 1. The summed E-state index contributed by atoms with van der Waals surface area (Å²) in [6.07, 6.45) is 0.904. The molecule has 2 atom stereocenters. The van der Waals surface area contributed by atoms with E-state index in [9.17, 15) is 4.79 Å². The fourth-order valence-corrected chi connectivity index (χ4v) is 1.68. The van der Waals surface area contributed by atoms with Crippen LogP contribution in [0.15, 0.2) is 18.2 Å². The molecule has 0 heterocycles. The minimum Gasteiger partial charge on any atom is -0.324 e. The average Bonchev–Trinajstić information content (AvgIpc) is 2.30. The number of hydrogen-bond acceptors (Lipinski definition) is 2. The van der Waals surface area contributed by atoms with Crippen molar-refractivity contribution in [3.63, 3.8) is 0 Å². The standard InChI is InChI=1S/C14H22N2O/c1-5-10(3)13(15)14(17)16-12-7-6-9(2)8-11(12)4/h6-8,10,13H,5,15H2,1-4H3,(H,16,17). The molecule has 3 nitrogen and oxygen atoms in total. The first-order valence-electron chi connectivity index (χ1n) is 6.09. The Morgan fingerprint density at radius 2 is 2.06 bits per heavy atom. The van der Waals surface area contributed by atoms with Gasteiger partial charge in [0.15, 0.2) is 0 Å². The van der Waals surface area contributed by atoms with Crippen LogP contribution in [0.2, 0.25) is 0 Å². The van der Waals surface area contributed by atoms with Crippen molar-refractivity contribution in [2.75, 3.05) is 5.32 Å². The zero-order valence-corrected chi connectivity index (χ0v) is 11.1. The maximum atomic E-state index is 11.9. The largest absolute Gasteiger partial charge is 0.324 e. The van der Waals surface area contributed by atoms with Gasteiger partial charge in [-0.3, -0.25) is 4.79 Å². The van der Waals surface area contributed by atoms with Crippen LogP contribution in [0.3, 0.4) is 0 Å². The zero-order chi connectivity index (χ0) is 13.0. The third kappa shape index (κ3) is 3.56. The molecule has 17 heavy (non-hydrogen) atoms. The predicted octanol–water partition coefficient (Wildman–Crippen LogP) is 2.62. The number of benzene rings is 1. The number of anilines is 1. The van der Waals surface area contributed by atoms with Crippen LogP contribution >= 0.6 is 0 Å². The molecule has 0 aromatic heterocycles. The Balaban J connectivity index is 2.74. The van der Waals surface area contributed by atoms with E-state index in [0.717, 1.165) is 17.7 Å². The SMILES string of the molecule is CCC(C)C(N)C(=O)Nc1ccc(C)cc1C. The molecule has 0 saturated heterocycles. The summed E-state index contributed by atoms with van der Waals surface area (Å²) < 4.78 is 0. The first kappa shape index (κ1) is 13.7. The molecule has 0 saturated carbocycles. The van der Waals surface area contributed by atoms with Crippen molar-refractivity contribution in [1.82, 2.24) is 0 Å².